The van der Waals surface area contributed by atoms with Gasteiger partial charge in [-0.05, 0) is 19.4 Å². The summed E-state index contributed by atoms with van der Waals surface area (Å²) in [6, 6.07) is 9.63. The summed E-state index contributed by atoms with van der Waals surface area (Å²) < 4.78 is 0. The summed E-state index contributed by atoms with van der Waals surface area (Å²) in [6.45, 7) is 4.74. The first-order valence-electron chi connectivity index (χ1n) is 6.57. The van der Waals surface area contributed by atoms with E-state index in [1.165, 1.54) is 0 Å². The normalized spacial score (nSPS) is 12.2. The third-order valence-electron chi connectivity index (χ3n) is 3.18. The fourth-order valence-corrected chi connectivity index (χ4v) is 2.98. The number of rotatable bonds is 5. The first-order chi connectivity index (χ1) is 9.61. The average Bonchev–Trinajstić information content (AvgIpc) is 2.77. The molecule has 3 N–H and O–H groups in total. The topological polar surface area (TPSA) is 68.0 Å². The van der Waals surface area contributed by atoms with Gasteiger partial charge in [-0.2, -0.15) is 0 Å². The number of amides is 1. The van der Waals surface area contributed by atoms with Crippen LogP contribution in [0.1, 0.15) is 27.1 Å². The molecule has 5 heteroatoms. The number of carbonyl (C=O) groups is 1. The zero-order valence-corrected chi connectivity index (χ0v) is 12.5. The van der Waals surface area contributed by atoms with Gasteiger partial charge in [-0.1, -0.05) is 30.3 Å². The van der Waals surface area contributed by atoms with Crippen LogP contribution in [0.4, 0.5) is 0 Å². The maximum Gasteiger partial charge on any atom is 0.229 e. The molecule has 1 amide bonds. The second-order valence-corrected chi connectivity index (χ2v) is 5.95. The van der Waals surface area contributed by atoms with Gasteiger partial charge in [0.15, 0.2) is 0 Å². The Balaban J connectivity index is 2.02. The zero-order chi connectivity index (χ0) is 14.5. The molecule has 2 rings (SSSR count). The number of benzene rings is 1. The van der Waals surface area contributed by atoms with Crippen molar-refractivity contribution in [2.75, 3.05) is 6.54 Å². The van der Waals surface area contributed by atoms with E-state index in [2.05, 4.69) is 10.3 Å². The highest BCUT2D eigenvalue weighted by Crippen LogP contribution is 2.18. The van der Waals surface area contributed by atoms with E-state index in [1.807, 2.05) is 44.2 Å². The number of hydrogen-bond acceptors (Lipinski definition) is 4. The average molecular weight is 289 g/mol. The molecule has 0 aliphatic heterocycles. The predicted octanol–water partition coefficient (Wildman–Crippen LogP) is 2.12. The molecular formula is C15H19N3OS. The molecule has 4 nitrogen and oxygen atoms in total. The lowest BCUT2D eigenvalue weighted by molar-refractivity contribution is -0.122. The lowest BCUT2D eigenvalue weighted by Gasteiger charge is -2.15. The molecule has 0 saturated carbocycles. The molecule has 0 saturated heterocycles. The van der Waals surface area contributed by atoms with Gasteiger partial charge in [-0.3, -0.25) is 4.79 Å². The van der Waals surface area contributed by atoms with Gasteiger partial charge in [0.1, 0.15) is 0 Å². The van der Waals surface area contributed by atoms with Gasteiger partial charge in [0.05, 0.1) is 23.2 Å². The van der Waals surface area contributed by atoms with Crippen molar-refractivity contribution < 1.29 is 4.79 Å². The van der Waals surface area contributed by atoms with E-state index in [9.17, 15) is 4.79 Å². The molecular weight excluding hydrogens is 270 g/mol. The zero-order valence-electron chi connectivity index (χ0n) is 11.7. The monoisotopic (exact) mass is 289 g/mol. The van der Waals surface area contributed by atoms with Crippen molar-refractivity contribution in [1.82, 2.24) is 10.3 Å². The minimum Gasteiger partial charge on any atom is -0.351 e. The fourth-order valence-electron chi connectivity index (χ4n) is 2.11. The standard InChI is InChI=1S/C15H19N3OS/c1-10-14(20-11(2)18-10)9-17-15(19)13(8-16)12-6-4-3-5-7-12/h3-7,13H,8-9,16H2,1-2H3,(H,17,19). The van der Waals surface area contributed by atoms with Crippen LogP contribution in [0, 0.1) is 13.8 Å². The molecule has 0 aliphatic carbocycles. The van der Waals surface area contributed by atoms with E-state index in [0.717, 1.165) is 21.1 Å². The van der Waals surface area contributed by atoms with Crippen LogP contribution in [-0.2, 0) is 11.3 Å². The molecule has 0 fully saturated rings. The van der Waals surface area contributed by atoms with Gasteiger partial charge in [0, 0.05) is 11.4 Å². The Kier molecular flexibility index (Phi) is 4.87. The largest absolute Gasteiger partial charge is 0.351 e. The van der Waals surface area contributed by atoms with Crippen LogP contribution in [0.25, 0.3) is 0 Å². The van der Waals surface area contributed by atoms with Crippen molar-refractivity contribution in [3.8, 4) is 0 Å². The van der Waals surface area contributed by atoms with Gasteiger partial charge in [0.25, 0.3) is 0 Å². The Hall–Kier alpha value is -1.72. The Labute approximate surface area is 123 Å². The van der Waals surface area contributed by atoms with Gasteiger partial charge in [-0.15, -0.1) is 11.3 Å². The van der Waals surface area contributed by atoms with E-state index >= 15 is 0 Å². The first-order valence-corrected chi connectivity index (χ1v) is 7.39. The highest BCUT2D eigenvalue weighted by molar-refractivity contribution is 7.11. The van der Waals surface area contributed by atoms with Gasteiger partial charge < -0.3 is 11.1 Å². The second-order valence-electron chi connectivity index (χ2n) is 4.66. The number of aryl methyl sites for hydroxylation is 2. The van der Waals surface area contributed by atoms with Gasteiger partial charge >= 0.3 is 0 Å². The Bertz CT molecular complexity index is 580. The van der Waals surface area contributed by atoms with Gasteiger partial charge in [-0.25, -0.2) is 4.98 Å². The number of hydrogen-bond donors (Lipinski definition) is 2. The molecule has 0 aliphatic rings. The summed E-state index contributed by atoms with van der Waals surface area (Å²) in [6.07, 6.45) is 0. The molecule has 1 unspecified atom stereocenters. The van der Waals surface area contributed by atoms with E-state index in [0.29, 0.717) is 13.1 Å². The molecule has 1 atom stereocenters. The summed E-state index contributed by atoms with van der Waals surface area (Å²) in [5.41, 5.74) is 7.67. The van der Waals surface area contributed by atoms with Crippen molar-refractivity contribution in [2.24, 2.45) is 5.73 Å². The number of nitrogens with one attached hydrogen (secondary N) is 1. The smallest absolute Gasteiger partial charge is 0.229 e. The molecule has 0 bridgehead atoms. The fraction of sp³-hybridized carbons (Fsp3) is 0.333. The van der Waals surface area contributed by atoms with Crippen LogP contribution in [0.2, 0.25) is 0 Å². The summed E-state index contributed by atoms with van der Waals surface area (Å²) in [5.74, 6) is -0.338. The van der Waals surface area contributed by atoms with Crippen LogP contribution in [0.3, 0.4) is 0 Å². The molecule has 20 heavy (non-hydrogen) atoms. The third kappa shape index (κ3) is 3.43. The highest BCUT2D eigenvalue weighted by Gasteiger charge is 2.18. The van der Waals surface area contributed by atoms with Crippen molar-refractivity contribution >= 4 is 17.2 Å². The first kappa shape index (κ1) is 14.7. The predicted molar refractivity (Wildman–Crippen MR) is 81.7 cm³/mol. The van der Waals surface area contributed by atoms with Crippen molar-refractivity contribution in [3.05, 3.63) is 51.5 Å². The summed E-state index contributed by atoms with van der Waals surface area (Å²) in [4.78, 5) is 17.7. The molecule has 106 valence electrons. The number of aromatic nitrogens is 1. The molecule has 0 radical (unpaired) electrons. The molecule has 1 aromatic heterocycles. The minimum absolute atomic E-state index is 0.0378. The van der Waals surface area contributed by atoms with Crippen LogP contribution in [0.15, 0.2) is 30.3 Å². The molecule has 1 heterocycles. The number of nitrogens with zero attached hydrogens (tertiary/aromatic N) is 1. The summed E-state index contributed by atoms with van der Waals surface area (Å²) in [7, 11) is 0. The lowest BCUT2D eigenvalue weighted by Crippen LogP contribution is -2.33. The highest BCUT2D eigenvalue weighted by atomic mass is 32.1. The van der Waals surface area contributed by atoms with Gasteiger partial charge in [0.2, 0.25) is 5.91 Å². The van der Waals surface area contributed by atoms with E-state index in [-0.39, 0.29) is 11.8 Å². The second kappa shape index (κ2) is 6.63. The summed E-state index contributed by atoms with van der Waals surface area (Å²) in [5, 5.41) is 3.97. The third-order valence-corrected chi connectivity index (χ3v) is 4.25. The van der Waals surface area contributed by atoms with Crippen molar-refractivity contribution in [1.29, 1.82) is 0 Å². The van der Waals surface area contributed by atoms with Crippen LogP contribution in [-0.4, -0.2) is 17.4 Å². The number of carbonyl (C=O) groups excluding carboxylic acids is 1. The van der Waals surface area contributed by atoms with Crippen LogP contribution in [0.5, 0.6) is 0 Å². The number of nitrogens with two attached hydrogens (primary N) is 1. The van der Waals surface area contributed by atoms with E-state index in [1.54, 1.807) is 11.3 Å². The van der Waals surface area contributed by atoms with Crippen LogP contribution < -0.4 is 11.1 Å². The molecule has 0 spiro atoms. The van der Waals surface area contributed by atoms with E-state index < -0.39 is 0 Å². The maximum atomic E-state index is 12.3. The van der Waals surface area contributed by atoms with Crippen LogP contribution >= 0.6 is 11.3 Å². The van der Waals surface area contributed by atoms with E-state index in [4.69, 9.17) is 5.73 Å². The Morgan fingerprint density at radius 3 is 2.60 bits per heavy atom. The maximum absolute atomic E-state index is 12.3. The quantitative estimate of drug-likeness (QED) is 0.886. The van der Waals surface area contributed by atoms with Crippen molar-refractivity contribution in [2.45, 2.75) is 26.3 Å². The molecule has 1 aromatic carbocycles. The Morgan fingerprint density at radius 1 is 1.35 bits per heavy atom. The number of thiazole rings is 1. The Morgan fingerprint density at radius 2 is 2.05 bits per heavy atom. The lowest BCUT2D eigenvalue weighted by atomic mass is 9.98. The van der Waals surface area contributed by atoms with Crippen molar-refractivity contribution in [3.63, 3.8) is 0 Å². The minimum atomic E-state index is -0.300. The summed E-state index contributed by atoms with van der Waals surface area (Å²) >= 11 is 1.61. The molecule has 2 aromatic rings. The SMILES string of the molecule is Cc1nc(C)c(CNC(=O)C(CN)c2ccccc2)s1.